The maximum atomic E-state index is 12.4. The zero-order valence-corrected chi connectivity index (χ0v) is 18.2. The molecule has 150 valence electrons. The van der Waals surface area contributed by atoms with E-state index in [4.69, 9.17) is 5.73 Å². The summed E-state index contributed by atoms with van der Waals surface area (Å²) >= 11 is 1.72. The van der Waals surface area contributed by atoms with Gasteiger partial charge in [-0.1, -0.05) is 13.8 Å². The molecule has 1 aromatic heterocycles. The summed E-state index contributed by atoms with van der Waals surface area (Å²) in [5.41, 5.74) is 6.87. The quantitative estimate of drug-likeness (QED) is 0.759. The predicted octanol–water partition coefficient (Wildman–Crippen LogP) is 2.41. The van der Waals surface area contributed by atoms with Crippen LogP contribution in [-0.2, 0) is 9.59 Å². The van der Waals surface area contributed by atoms with Gasteiger partial charge in [-0.15, -0.1) is 36.2 Å². The molecule has 2 rings (SSSR count). The molecule has 0 bridgehead atoms. The molecular formula is C17H30Cl2N4O2S. The van der Waals surface area contributed by atoms with Gasteiger partial charge in [-0.2, -0.15) is 0 Å². The van der Waals surface area contributed by atoms with Gasteiger partial charge in [-0.25, -0.2) is 4.98 Å². The van der Waals surface area contributed by atoms with Crippen LogP contribution in [0, 0.1) is 19.8 Å². The first kappa shape index (κ1) is 25.1. The number of aromatic nitrogens is 1. The van der Waals surface area contributed by atoms with Gasteiger partial charge in [0.15, 0.2) is 0 Å². The molecule has 2 amide bonds. The molecule has 0 saturated carbocycles. The zero-order chi connectivity index (χ0) is 17.9. The monoisotopic (exact) mass is 424 g/mol. The first-order chi connectivity index (χ1) is 11.3. The molecule has 0 aliphatic carbocycles. The van der Waals surface area contributed by atoms with Gasteiger partial charge in [0.05, 0.1) is 23.3 Å². The number of halogens is 2. The molecule has 1 aromatic rings. The third-order valence-electron chi connectivity index (χ3n) is 4.60. The Kier molecular flexibility index (Phi) is 10.7. The van der Waals surface area contributed by atoms with E-state index in [0.29, 0.717) is 12.5 Å². The Morgan fingerprint density at radius 2 is 2.00 bits per heavy atom. The molecule has 0 aromatic carbocycles. The van der Waals surface area contributed by atoms with Gasteiger partial charge >= 0.3 is 0 Å². The Hall–Kier alpha value is -0.890. The molecule has 2 atom stereocenters. The van der Waals surface area contributed by atoms with E-state index in [1.165, 1.54) is 4.88 Å². The molecule has 26 heavy (non-hydrogen) atoms. The van der Waals surface area contributed by atoms with E-state index < -0.39 is 6.04 Å². The zero-order valence-electron chi connectivity index (χ0n) is 15.8. The van der Waals surface area contributed by atoms with Crippen LogP contribution in [0.15, 0.2) is 0 Å². The first-order valence-electron chi connectivity index (χ1n) is 8.54. The van der Waals surface area contributed by atoms with E-state index in [-0.39, 0.29) is 49.1 Å². The van der Waals surface area contributed by atoms with E-state index in [1.54, 1.807) is 11.3 Å². The van der Waals surface area contributed by atoms with Crippen molar-refractivity contribution in [1.82, 2.24) is 15.2 Å². The van der Waals surface area contributed by atoms with E-state index in [1.807, 2.05) is 25.7 Å². The van der Waals surface area contributed by atoms with E-state index in [0.717, 1.165) is 30.1 Å². The Bertz CT molecular complexity index is 590. The van der Waals surface area contributed by atoms with E-state index >= 15 is 0 Å². The number of nitrogens with one attached hydrogen (secondary N) is 1. The third kappa shape index (κ3) is 6.37. The minimum absolute atomic E-state index is 0. The fraction of sp³-hybridized carbons (Fsp3) is 0.706. The predicted molar refractivity (Wildman–Crippen MR) is 110 cm³/mol. The van der Waals surface area contributed by atoms with Crippen LogP contribution in [0.25, 0.3) is 0 Å². The number of carbonyl (C=O) groups excluding carboxylic acids is 2. The smallest absolute Gasteiger partial charge is 0.241 e. The van der Waals surface area contributed by atoms with Gasteiger partial charge in [0, 0.05) is 23.9 Å². The van der Waals surface area contributed by atoms with Crippen molar-refractivity contribution in [2.24, 2.45) is 11.7 Å². The molecule has 0 radical (unpaired) electrons. The summed E-state index contributed by atoms with van der Waals surface area (Å²) in [6.45, 7) is 9.31. The largest absolute Gasteiger partial charge is 0.346 e. The van der Waals surface area contributed by atoms with Crippen LogP contribution in [-0.4, -0.2) is 47.4 Å². The van der Waals surface area contributed by atoms with Crippen molar-refractivity contribution in [3.63, 3.8) is 0 Å². The Morgan fingerprint density at radius 1 is 1.35 bits per heavy atom. The van der Waals surface area contributed by atoms with Gasteiger partial charge in [0.25, 0.3) is 0 Å². The fourth-order valence-corrected chi connectivity index (χ4v) is 3.82. The average molecular weight is 425 g/mol. The Morgan fingerprint density at radius 3 is 2.54 bits per heavy atom. The number of amides is 2. The van der Waals surface area contributed by atoms with Crippen LogP contribution in [0.3, 0.4) is 0 Å². The fourth-order valence-electron chi connectivity index (χ4n) is 2.77. The van der Waals surface area contributed by atoms with Crippen molar-refractivity contribution in [3.8, 4) is 0 Å². The standard InChI is InChI=1S/C17H28N4O2S.2ClH/c1-10(2)15(18)16(23)19-8-14(22)21-7-5-6-13(9-21)17-20-11(3)12(4)24-17;;/h10,13,15H,5-9,18H2,1-4H3,(H,19,23);2*1H/t13?,15-;;/m0../s1. The second-order valence-electron chi connectivity index (χ2n) is 6.86. The number of likely N-dealkylation sites (tertiary alicyclic amines) is 1. The van der Waals surface area contributed by atoms with Gasteiger partial charge in [-0.3, -0.25) is 9.59 Å². The van der Waals surface area contributed by atoms with Crippen molar-refractivity contribution in [2.45, 2.75) is 52.5 Å². The van der Waals surface area contributed by atoms with Gasteiger partial charge in [0.2, 0.25) is 11.8 Å². The molecule has 1 saturated heterocycles. The number of nitrogens with two attached hydrogens (primary N) is 1. The SMILES string of the molecule is Cc1nc(C2CCCN(C(=O)CNC(=O)[C@@H](N)C(C)C)C2)sc1C.Cl.Cl. The van der Waals surface area contributed by atoms with Gasteiger partial charge < -0.3 is 16.0 Å². The minimum atomic E-state index is -0.576. The first-order valence-corrected chi connectivity index (χ1v) is 9.36. The maximum Gasteiger partial charge on any atom is 0.241 e. The van der Waals surface area contributed by atoms with Crippen LogP contribution >= 0.6 is 36.2 Å². The maximum absolute atomic E-state index is 12.4. The van der Waals surface area contributed by atoms with Crippen molar-refractivity contribution in [1.29, 1.82) is 0 Å². The molecule has 2 heterocycles. The molecule has 1 aliphatic rings. The number of carbonyl (C=O) groups is 2. The summed E-state index contributed by atoms with van der Waals surface area (Å²) < 4.78 is 0. The Balaban J connectivity index is 0.00000312. The van der Waals surface area contributed by atoms with Crippen molar-refractivity contribution in [2.75, 3.05) is 19.6 Å². The highest BCUT2D eigenvalue weighted by atomic mass is 35.5. The summed E-state index contributed by atoms with van der Waals surface area (Å²) in [7, 11) is 0. The molecule has 1 fully saturated rings. The summed E-state index contributed by atoms with van der Waals surface area (Å²) in [4.78, 5) is 32.0. The highest BCUT2D eigenvalue weighted by molar-refractivity contribution is 7.11. The lowest BCUT2D eigenvalue weighted by molar-refractivity contribution is -0.134. The third-order valence-corrected chi connectivity index (χ3v) is 5.84. The van der Waals surface area contributed by atoms with E-state index in [2.05, 4.69) is 17.2 Å². The summed E-state index contributed by atoms with van der Waals surface area (Å²) in [6.07, 6.45) is 2.02. The van der Waals surface area contributed by atoms with Crippen molar-refractivity contribution in [3.05, 3.63) is 15.6 Å². The molecule has 3 N–H and O–H groups in total. The van der Waals surface area contributed by atoms with Crippen molar-refractivity contribution < 1.29 is 9.59 Å². The van der Waals surface area contributed by atoms with Gasteiger partial charge in [-0.05, 0) is 32.6 Å². The number of hydrogen-bond donors (Lipinski definition) is 2. The molecular weight excluding hydrogens is 395 g/mol. The van der Waals surface area contributed by atoms with Gasteiger partial charge in [0.1, 0.15) is 0 Å². The number of thiazole rings is 1. The van der Waals surface area contributed by atoms with Crippen LogP contribution < -0.4 is 11.1 Å². The van der Waals surface area contributed by atoms with E-state index in [9.17, 15) is 9.59 Å². The highest BCUT2D eigenvalue weighted by Crippen LogP contribution is 2.31. The van der Waals surface area contributed by atoms with Crippen LogP contribution in [0.1, 0.15) is 48.2 Å². The Labute approximate surface area is 172 Å². The molecule has 6 nitrogen and oxygen atoms in total. The summed E-state index contributed by atoms with van der Waals surface area (Å²) in [5.74, 6) is 0.0386. The number of aryl methyl sites for hydroxylation is 2. The average Bonchev–Trinajstić information content (AvgIpc) is 2.90. The lowest BCUT2D eigenvalue weighted by Crippen LogP contribution is -2.49. The summed E-state index contributed by atoms with van der Waals surface area (Å²) in [5, 5.41) is 3.78. The lowest BCUT2D eigenvalue weighted by atomic mass is 9.98. The van der Waals surface area contributed by atoms with Crippen LogP contribution in [0.2, 0.25) is 0 Å². The van der Waals surface area contributed by atoms with Crippen molar-refractivity contribution >= 4 is 48.0 Å². The summed E-state index contributed by atoms with van der Waals surface area (Å²) in [6, 6.07) is -0.576. The molecule has 0 spiro atoms. The molecule has 1 aliphatic heterocycles. The lowest BCUT2D eigenvalue weighted by Gasteiger charge is -2.32. The highest BCUT2D eigenvalue weighted by Gasteiger charge is 2.27. The second-order valence-corrected chi connectivity index (χ2v) is 8.09. The normalized spacial score (nSPS) is 17.9. The topological polar surface area (TPSA) is 88.3 Å². The van der Waals surface area contributed by atoms with Crippen LogP contribution in [0.5, 0.6) is 0 Å². The number of nitrogens with zero attached hydrogens (tertiary/aromatic N) is 2. The van der Waals surface area contributed by atoms with Crippen LogP contribution in [0.4, 0.5) is 0 Å². The number of piperidine rings is 1. The number of hydrogen-bond acceptors (Lipinski definition) is 5. The minimum Gasteiger partial charge on any atom is -0.346 e. The second kappa shape index (κ2) is 11.1. The molecule has 9 heteroatoms. The number of rotatable bonds is 5. The molecule has 1 unspecified atom stereocenters.